The minimum absolute atomic E-state index is 0.113. The van der Waals surface area contributed by atoms with Crippen LogP contribution in [0.3, 0.4) is 0 Å². The fourth-order valence-corrected chi connectivity index (χ4v) is 1.52. The second-order valence-corrected chi connectivity index (χ2v) is 3.26. The van der Waals surface area contributed by atoms with E-state index in [1.54, 1.807) is 26.4 Å². The average Bonchev–Trinajstić information content (AvgIpc) is 2.20. The Hall–Kier alpha value is -0.770. The largest absolute Gasteiger partial charge is 0.495 e. The lowest BCUT2D eigenvalue weighted by Crippen LogP contribution is -2.14. The summed E-state index contributed by atoms with van der Waals surface area (Å²) in [5.74, 6) is 0.655. The molecule has 78 valence electrons. The van der Waals surface area contributed by atoms with Crippen LogP contribution in [0, 0.1) is 0 Å². The van der Waals surface area contributed by atoms with Gasteiger partial charge in [-0.2, -0.15) is 0 Å². The molecule has 1 aromatic carbocycles. The zero-order valence-corrected chi connectivity index (χ0v) is 9.04. The predicted molar refractivity (Wildman–Crippen MR) is 56.8 cm³/mol. The average molecular weight is 216 g/mol. The van der Waals surface area contributed by atoms with Crippen molar-refractivity contribution in [2.24, 2.45) is 5.73 Å². The maximum absolute atomic E-state index is 5.97. The van der Waals surface area contributed by atoms with Gasteiger partial charge >= 0.3 is 0 Å². The van der Waals surface area contributed by atoms with Crippen molar-refractivity contribution in [3.63, 3.8) is 0 Å². The molecule has 0 spiro atoms. The van der Waals surface area contributed by atoms with Gasteiger partial charge in [-0.25, -0.2) is 0 Å². The lowest BCUT2D eigenvalue weighted by molar-refractivity contribution is 0.110. The molecular formula is C10H14ClNO2. The van der Waals surface area contributed by atoms with E-state index in [0.29, 0.717) is 17.3 Å². The van der Waals surface area contributed by atoms with Gasteiger partial charge in [0, 0.05) is 13.7 Å². The van der Waals surface area contributed by atoms with E-state index in [9.17, 15) is 0 Å². The number of methoxy groups -OCH3 is 2. The normalized spacial score (nSPS) is 12.6. The van der Waals surface area contributed by atoms with Crippen LogP contribution < -0.4 is 10.5 Å². The zero-order chi connectivity index (χ0) is 10.6. The van der Waals surface area contributed by atoms with Crippen LogP contribution >= 0.6 is 11.6 Å². The van der Waals surface area contributed by atoms with Crippen molar-refractivity contribution in [2.45, 2.75) is 6.10 Å². The number of nitrogens with two attached hydrogens (primary N) is 1. The third kappa shape index (κ3) is 2.38. The summed E-state index contributed by atoms with van der Waals surface area (Å²) in [6.45, 7) is 0.430. The minimum Gasteiger partial charge on any atom is -0.495 e. The first-order valence-electron chi connectivity index (χ1n) is 4.29. The van der Waals surface area contributed by atoms with Crippen molar-refractivity contribution in [3.05, 3.63) is 28.8 Å². The highest BCUT2D eigenvalue weighted by Gasteiger charge is 2.10. The molecule has 0 aliphatic carbocycles. The summed E-state index contributed by atoms with van der Waals surface area (Å²) in [5, 5.41) is 0.570. The van der Waals surface area contributed by atoms with Crippen molar-refractivity contribution in [1.29, 1.82) is 0 Å². The second-order valence-electron chi connectivity index (χ2n) is 2.85. The molecule has 0 saturated carbocycles. The number of ether oxygens (including phenoxy) is 2. The quantitative estimate of drug-likeness (QED) is 0.836. The fourth-order valence-electron chi connectivity index (χ4n) is 1.25. The van der Waals surface area contributed by atoms with Gasteiger partial charge in [-0.1, -0.05) is 17.7 Å². The summed E-state index contributed by atoms with van der Waals surface area (Å²) in [6.07, 6.45) is -0.113. The van der Waals surface area contributed by atoms with Crippen LogP contribution in [0.15, 0.2) is 18.2 Å². The Labute approximate surface area is 88.8 Å². The highest BCUT2D eigenvalue weighted by molar-refractivity contribution is 6.32. The highest BCUT2D eigenvalue weighted by atomic mass is 35.5. The Kier molecular flexibility index (Phi) is 4.20. The fraction of sp³-hybridized carbons (Fsp3) is 0.400. The minimum atomic E-state index is -0.113. The van der Waals surface area contributed by atoms with Crippen molar-refractivity contribution in [3.8, 4) is 5.75 Å². The Bertz CT molecular complexity index is 300. The number of benzene rings is 1. The molecule has 0 fully saturated rings. The lowest BCUT2D eigenvalue weighted by atomic mass is 10.1. The van der Waals surface area contributed by atoms with Gasteiger partial charge in [0.15, 0.2) is 0 Å². The van der Waals surface area contributed by atoms with E-state index in [-0.39, 0.29) is 6.10 Å². The molecule has 3 nitrogen and oxygen atoms in total. The first-order chi connectivity index (χ1) is 6.72. The molecule has 0 aromatic heterocycles. The number of halogens is 1. The standard InChI is InChI=1S/C10H14ClNO2/c1-13-9-4-3-7(5-8(9)11)10(6-12)14-2/h3-5,10H,6,12H2,1-2H3. The molecule has 0 bridgehead atoms. The van der Waals surface area contributed by atoms with E-state index in [0.717, 1.165) is 5.56 Å². The maximum Gasteiger partial charge on any atom is 0.137 e. The van der Waals surface area contributed by atoms with E-state index in [1.165, 1.54) is 0 Å². The monoisotopic (exact) mass is 215 g/mol. The summed E-state index contributed by atoms with van der Waals surface area (Å²) in [6, 6.07) is 5.51. The molecule has 1 aromatic rings. The molecular weight excluding hydrogens is 202 g/mol. The van der Waals surface area contributed by atoms with Gasteiger partial charge < -0.3 is 15.2 Å². The Morgan fingerprint density at radius 3 is 2.57 bits per heavy atom. The summed E-state index contributed by atoms with van der Waals surface area (Å²) < 4.78 is 10.2. The molecule has 0 aliphatic rings. The summed E-state index contributed by atoms with van der Waals surface area (Å²) in [5.41, 5.74) is 6.50. The Morgan fingerprint density at radius 2 is 2.14 bits per heavy atom. The van der Waals surface area contributed by atoms with Crippen LogP contribution in [0.1, 0.15) is 11.7 Å². The summed E-state index contributed by atoms with van der Waals surface area (Å²) in [4.78, 5) is 0. The van der Waals surface area contributed by atoms with Gasteiger partial charge in [-0.3, -0.25) is 0 Å². The third-order valence-corrected chi connectivity index (χ3v) is 2.34. The molecule has 0 saturated heterocycles. The molecule has 1 atom stereocenters. The van der Waals surface area contributed by atoms with Gasteiger partial charge in [0.25, 0.3) is 0 Å². The SMILES string of the molecule is COc1ccc(C(CN)OC)cc1Cl. The molecule has 14 heavy (non-hydrogen) atoms. The molecule has 0 radical (unpaired) electrons. The molecule has 1 rings (SSSR count). The van der Waals surface area contributed by atoms with E-state index < -0.39 is 0 Å². The van der Waals surface area contributed by atoms with E-state index in [1.807, 2.05) is 6.07 Å². The van der Waals surface area contributed by atoms with Crippen LogP contribution in [-0.4, -0.2) is 20.8 Å². The van der Waals surface area contributed by atoms with Crippen LogP contribution in [0.4, 0.5) is 0 Å². The molecule has 0 amide bonds. The van der Waals surface area contributed by atoms with Gasteiger partial charge in [0.05, 0.1) is 18.2 Å². The first kappa shape index (κ1) is 11.3. The third-order valence-electron chi connectivity index (χ3n) is 2.05. The van der Waals surface area contributed by atoms with E-state index in [4.69, 9.17) is 26.8 Å². The maximum atomic E-state index is 5.97. The summed E-state index contributed by atoms with van der Waals surface area (Å²) >= 11 is 5.97. The van der Waals surface area contributed by atoms with Crippen molar-refractivity contribution < 1.29 is 9.47 Å². The number of hydrogen-bond donors (Lipinski definition) is 1. The van der Waals surface area contributed by atoms with Gasteiger partial charge in [0.2, 0.25) is 0 Å². The smallest absolute Gasteiger partial charge is 0.137 e. The Morgan fingerprint density at radius 1 is 1.43 bits per heavy atom. The lowest BCUT2D eigenvalue weighted by Gasteiger charge is -2.14. The zero-order valence-electron chi connectivity index (χ0n) is 8.29. The molecule has 0 heterocycles. The second kappa shape index (κ2) is 5.20. The number of rotatable bonds is 4. The highest BCUT2D eigenvalue weighted by Crippen LogP contribution is 2.28. The number of hydrogen-bond acceptors (Lipinski definition) is 3. The molecule has 4 heteroatoms. The van der Waals surface area contributed by atoms with Gasteiger partial charge in [-0.15, -0.1) is 0 Å². The van der Waals surface area contributed by atoms with E-state index >= 15 is 0 Å². The van der Waals surface area contributed by atoms with Crippen molar-refractivity contribution >= 4 is 11.6 Å². The van der Waals surface area contributed by atoms with E-state index in [2.05, 4.69) is 0 Å². The topological polar surface area (TPSA) is 44.5 Å². The van der Waals surface area contributed by atoms with Crippen LogP contribution in [0.25, 0.3) is 0 Å². The van der Waals surface area contributed by atoms with Crippen molar-refractivity contribution in [1.82, 2.24) is 0 Å². The molecule has 1 unspecified atom stereocenters. The van der Waals surface area contributed by atoms with Crippen LogP contribution in [-0.2, 0) is 4.74 Å². The van der Waals surface area contributed by atoms with Crippen LogP contribution in [0.5, 0.6) is 5.75 Å². The summed E-state index contributed by atoms with van der Waals surface area (Å²) in [7, 11) is 3.20. The Balaban J connectivity index is 2.95. The first-order valence-corrected chi connectivity index (χ1v) is 4.67. The molecule has 2 N–H and O–H groups in total. The molecule has 0 aliphatic heterocycles. The van der Waals surface area contributed by atoms with Crippen molar-refractivity contribution in [2.75, 3.05) is 20.8 Å². The van der Waals surface area contributed by atoms with Gasteiger partial charge in [0.1, 0.15) is 5.75 Å². The van der Waals surface area contributed by atoms with Gasteiger partial charge in [-0.05, 0) is 17.7 Å². The predicted octanol–water partition coefficient (Wildman–Crippen LogP) is 1.99. The van der Waals surface area contributed by atoms with Crippen LogP contribution in [0.2, 0.25) is 5.02 Å².